The van der Waals surface area contributed by atoms with Crippen LogP contribution < -0.4 is 5.32 Å². The predicted molar refractivity (Wildman–Crippen MR) is 62.6 cm³/mol. The van der Waals surface area contributed by atoms with Crippen molar-refractivity contribution in [3.63, 3.8) is 0 Å². The van der Waals surface area contributed by atoms with Crippen molar-refractivity contribution in [3.8, 4) is 0 Å². The zero-order valence-electron chi connectivity index (χ0n) is 9.21. The molecule has 0 saturated heterocycles. The smallest absolute Gasteiger partial charge is 0.202 e. The first-order chi connectivity index (χ1) is 7.74. The lowest BCUT2D eigenvalue weighted by Gasteiger charge is -2.01. The van der Waals surface area contributed by atoms with Crippen molar-refractivity contribution >= 4 is 16.7 Å². The van der Waals surface area contributed by atoms with Gasteiger partial charge in [-0.1, -0.05) is 0 Å². The minimum atomic E-state index is 0.489. The van der Waals surface area contributed by atoms with E-state index in [9.17, 15) is 0 Å². The molecule has 2 atom stereocenters. The fourth-order valence-corrected chi connectivity index (χ4v) is 2.56. The van der Waals surface area contributed by atoms with Crippen molar-refractivity contribution in [1.82, 2.24) is 18.9 Å². The Morgan fingerprint density at radius 2 is 2.44 bits per heavy atom. The van der Waals surface area contributed by atoms with Gasteiger partial charge in [0.1, 0.15) is 5.82 Å². The van der Waals surface area contributed by atoms with Crippen LogP contribution in [0.15, 0.2) is 12.5 Å². The maximum absolute atomic E-state index is 4.30. The number of anilines is 1. The van der Waals surface area contributed by atoms with Gasteiger partial charge in [-0.05, 0) is 13.3 Å². The van der Waals surface area contributed by atoms with Crippen molar-refractivity contribution in [2.45, 2.75) is 25.3 Å². The Labute approximate surface area is 97.7 Å². The Hall–Kier alpha value is -1.43. The molecular weight excluding hydrogens is 222 g/mol. The van der Waals surface area contributed by atoms with Crippen molar-refractivity contribution in [1.29, 1.82) is 0 Å². The molecule has 5 nitrogen and oxygen atoms in total. The molecule has 0 bridgehead atoms. The maximum Gasteiger partial charge on any atom is 0.202 e. The molecule has 0 spiro atoms. The number of rotatable bonds is 3. The van der Waals surface area contributed by atoms with E-state index in [1.54, 1.807) is 0 Å². The molecule has 1 N–H and O–H groups in total. The van der Waals surface area contributed by atoms with E-state index in [0.29, 0.717) is 12.0 Å². The van der Waals surface area contributed by atoms with Gasteiger partial charge >= 0.3 is 0 Å². The Balaban J connectivity index is 1.67. The molecule has 84 valence electrons. The highest BCUT2D eigenvalue weighted by atomic mass is 32.1. The van der Waals surface area contributed by atoms with Gasteiger partial charge in [-0.15, -0.1) is 0 Å². The van der Waals surface area contributed by atoms with Gasteiger partial charge in [0.05, 0.1) is 6.33 Å². The van der Waals surface area contributed by atoms with Gasteiger partial charge in [0, 0.05) is 42.4 Å². The average Bonchev–Trinajstić information content (AvgIpc) is 2.67. The van der Waals surface area contributed by atoms with E-state index >= 15 is 0 Å². The summed E-state index contributed by atoms with van der Waals surface area (Å²) in [5.41, 5.74) is 1.29. The van der Waals surface area contributed by atoms with E-state index < -0.39 is 0 Å². The van der Waals surface area contributed by atoms with Crippen LogP contribution in [0.2, 0.25) is 0 Å². The summed E-state index contributed by atoms with van der Waals surface area (Å²) in [5, 5.41) is 4.33. The minimum Gasteiger partial charge on any atom is -0.357 e. The molecule has 6 heteroatoms. The average molecular weight is 235 g/mol. The molecule has 3 rings (SSSR count). The van der Waals surface area contributed by atoms with E-state index in [1.807, 2.05) is 26.5 Å². The van der Waals surface area contributed by atoms with E-state index in [4.69, 9.17) is 0 Å². The highest BCUT2D eigenvalue weighted by Gasteiger charge is 2.40. The third kappa shape index (κ3) is 1.69. The van der Waals surface area contributed by atoms with Gasteiger partial charge in [0.15, 0.2) is 0 Å². The van der Waals surface area contributed by atoms with Gasteiger partial charge < -0.3 is 9.88 Å². The number of nitrogens with one attached hydrogen (secondary N) is 1. The van der Waals surface area contributed by atoms with Crippen LogP contribution in [0, 0.1) is 6.92 Å². The lowest BCUT2D eigenvalue weighted by Crippen LogP contribution is -2.05. The third-order valence-electron chi connectivity index (χ3n) is 2.86. The second-order valence-electron chi connectivity index (χ2n) is 4.17. The van der Waals surface area contributed by atoms with Crippen LogP contribution in [0.25, 0.3) is 0 Å². The molecular formula is C10H13N5S. The first-order valence-electron chi connectivity index (χ1n) is 5.27. The van der Waals surface area contributed by atoms with Crippen LogP contribution in [0.1, 0.15) is 23.9 Å². The second kappa shape index (κ2) is 3.55. The van der Waals surface area contributed by atoms with E-state index in [2.05, 4.69) is 24.2 Å². The van der Waals surface area contributed by atoms with Crippen LogP contribution in [-0.2, 0) is 7.05 Å². The summed E-state index contributed by atoms with van der Waals surface area (Å²) < 4.78 is 6.23. The van der Waals surface area contributed by atoms with E-state index in [1.165, 1.54) is 17.2 Å². The van der Waals surface area contributed by atoms with Gasteiger partial charge in [-0.2, -0.15) is 4.37 Å². The van der Waals surface area contributed by atoms with Gasteiger partial charge in [-0.25, -0.2) is 9.97 Å². The van der Waals surface area contributed by atoms with E-state index in [0.717, 1.165) is 17.4 Å². The van der Waals surface area contributed by atoms with Gasteiger partial charge in [-0.3, -0.25) is 0 Å². The van der Waals surface area contributed by atoms with Gasteiger partial charge in [0.25, 0.3) is 0 Å². The van der Waals surface area contributed by atoms with Crippen molar-refractivity contribution in [2.24, 2.45) is 7.05 Å². The number of hydrogen-bond acceptors (Lipinski definition) is 5. The normalized spacial score (nSPS) is 23.4. The Morgan fingerprint density at radius 3 is 3.06 bits per heavy atom. The number of aryl methyl sites for hydroxylation is 2. The molecule has 1 aliphatic rings. The molecule has 0 radical (unpaired) electrons. The highest BCUT2D eigenvalue weighted by Crippen LogP contribution is 2.42. The fraction of sp³-hybridized carbons (Fsp3) is 0.500. The maximum atomic E-state index is 4.30. The topological polar surface area (TPSA) is 55.6 Å². The Bertz CT molecular complexity index is 503. The third-order valence-corrected chi connectivity index (χ3v) is 3.60. The van der Waals surface area contributed by atoms with Crippen LogP contribution in [0.5, 0.6) is 0 Å². The number of aromatic nitrogens is 4. The SMILES string of the molecule is Cc1nsc(N[C@@H]2C[C@H]2c2cncn2C)n1. The molecule has 1 saturated carbocycles. The molecule has 0 amide bonds. The quantitative estimate of drug-likeness (QED) is 0.877. The summed E-state index contributed by atoms with van der Waals surface area (Å²) in [6, 6.07) is 0.489. The molecule has 16 heavy (non-hydrogen) atoms. The van der Waals surface area contributed by atoms with Crippen molar-refractivity contribution in [2.75, 3.05) is 5.32 Å². The first kappa shape index (κ1) is 9.77. The van der Waals surface area contributed by atoms with Crippen LogP contribution >= 0.6 is 11.5 Å². The molecule has 0 aromatic carbocycles. The highest BCUT2D eigenvalue weighted by molar-refractivity contribution is 7.09. The van der Waals surface area contributed by atoms with Crippen LogP contribution in [0.3, 0.4) is 0 Å². The fourth-order valence-electron chi connectivity index (χ4n) is 1.92. The van der Waals surface area contributed by atoms with E-state index in [-0.39, 0.29) is 0 Å². The summed E-state index contributed by atoms with van der Waals surface area (Å²) in [4.78, 5) is 8.44. The molecule has 2 heterocycles. The molecule has 2 aromatic heterocycles. The lowest BCUT2D eigenvalue weighted by molar-refractivity contribution is 0.817. The zero-order valence-corrected chi connectivity index (χ0v) is 10.0. The number of imidazole rings is 1. The standard InChI is InChI=1S/C10H13N5S/c1-6-12-10(16-14-6)13-8-3-7(8)9-4-11-5-15(9)2/h4-5,7-8H,3H2,1-2H3,(H,12,13,14)/t7-,8-/m1/s1. The summed E-state index contributed by atoms with van der Waals surface area (Å²) >= 11 is 1.43. The first-order valence-corrected chi connectivity index (χ1v) is 6.04. The summed E-state index contributed by atoms with van der Waals surface area (Å²) in [7, 11) is 2.03. The van der Waals surface area contributed by atoms with Crippen molar-refractivity contribution < 1.29 is 0 Å². The monoisotopic (exact) mass is 235 g/mol. The Morgan fingerprint density at radius 1 is 1.56 bits per heavy atom. The lowest BCUT2D eigenvalue weighted by atomic mass is 10.3. The van der Waals surface area contributed by atoms with Gasteiger partial charge in [0.2, 0.25) is 5.13 Å². The molecule has 1 fully saturated rings. The second-order valence-corrected chi connectivity index (χ2v) is 4.92. The largest absolute Gasteiger partial charge is 0.357 e. The van der Waals surface area contributed by atoms with Crippen molar-refractivity contribution in [3.05, 3.63) is 24.0 Å². The number of nitrogens with zero attached hydrogens (tertiary/aromatic N) is 4. The van der Waals surface area contributed by atoms with Crippen LogP contribution in [0.4, 0.5) is 5.13 Å². The molecule has 0 unspecified atom stereocenters. The molecule has 0 aliphatic heterocycles. The predicted octanol–water partition coefficient (Wildman–Crippen LogP) is 1.55. The Kier molecular flexibility index (Phi) is 2.17. The molecule has 2 aromatic rings. The minimum absolute atomic E-state index is 0.489. The summed E-state index contributed by atoms with van der Waals surface area (Å²) in [6.45, 7) is 1.91. The zero-order chi connectivity index (χ0) is 11.1. The summed E-state index contributed by atoms with van der Waals surface area (Å²) in [5.74, 6) is 1.40. The van der Waals surface area contributed by atoms with Crippen LogP contribution in [-0.4, -0.2) is 25.0 Å². The summed E-state index contributed by atoms with van der Waals surface area (Å²) in [6.07, 6.45) is 4.94. The number of hydrogen-bond donors (Lipinski definition) is 1. The molecule has 1 aliphatic carbocycles.